The molecule has 0 bridgehead atoms. The van der Waals surface area contributed by atoms with Gasteiger partial charge in [-0.25, -0.2) is 0 Å². The highest BCUT2D eigenvalue weighted by Gasteiger charge is 2.39. The minimum Gasteiger partial charge on any atom is -0.494 e. The molecule has 0 atom stereocenters. The molecule has 0 saturated heterocycles. The number of rotatable bonds is 9. The number of carbonyl (C=O) groups excluding carboxylic acids is 2. The van der Waals surface area contributed by atoms with Crippen LogP contribution in [0.2, 0.25) is 0 Å². The highest BCUT2D eigenvalue weighted by molar-refractivity contribution is 6.36. The Balaban J connectivity index is 1.98. The zero-order valence-corrected chi connectivity index (χ0v) is 18.8. The number of anilines is 1. The smallest absolute Gasteiger partial charge is 0.278 e. The highest BCUT2D eigenvalue weighted by atomic mass is 16.5. The van der Waals surface area contributed by atoms with Gasteiger partial charge in [0.25, 0.3) is 11.8 Å². The summed E-state index contributed by atoms with van der Waals surface area (Å²) in [6, 6.07) is 13.1. The predicted octanol–water partition coefficient (Wildman–Crippen LogP) is 4.32. The van der Waals surface area contributed by atoms with E-state index in [1.165, 1.54) is 4.90 Å². The monoisotopic (exact) mass is 422 g/mol. The van der Waals surface area contributed by atoms with Crippen molar-refractivity contribution in [2.45, 2.75) is 40.7 Å². The maximum absolute atomic E-state index is 13.3. The van der Waals surface area contributed by atoms with E-state index in [1.54, 1.807) is 0 Å². The largest absolute Gasteiger partial charge is 0.494 e. The van der Waals surface area contributed by atoms with Crippen LogP contribution in [0, 0.1) is 13.8 Å². The van der Waals surface area contributed by atoms with Gasteiger partial charge in [-0.15, -0.1) is 0 Å². The number of hydrogen-bond acceptors (Lipinski definition) is 5. The molecule has 1 aliphatic rings. The van der Waals surface area contributed by atoms with E-state index in [0.717, 1.165) is 22.6 Å². The zero-order valence-electron chi connectivity index (χ0n) is 18.8. The topological polar surface area (TPSA) is 67.9 Å². The third-order valence-electron chi connectivity index (χ3n) is 5.25. The van der Waals surface area contributed by atoms with Crippen molar-refractivity contribution in [3.05, 3.63) is 64.9 Å². The first-order chi connectivity index (χ1) is 14.8. The van der Waals surface area contributed by atoms with E-state index in [-0.39, 0.29) is 30.2 Å². The van der Waals surface area contributed by atoms with Gasteiger partial charge in [0.2, 0.25) is 0 Å². The van der Waals surface area contributed by atoms with E-state index in [4.69, 9.17) is 9.47 Å². The van der Waals surface area contributed by atoms with E-state index < -0.39 is 0 Å². The number of benzene rings is 2. The maximum atomic E-state index is 13.3. The van der Waals surface area contributed by atoms with E-state index in [9.17, 15) is 9.59 Å². The van der Waals surface area contributed by atoms with Crippen molar-refractivity contribution in [3.63, 3.8) is 0 Å². The minimum atomic E-state index is -0.345. The number of hydrogen-bond donors (Lipinski definition) is 1. The standard InChI is InChI=1S/C25H30N2O4/c1-6-30-20-12-10-19(11-13-20)22-23(26-21-9-7-8-17(4)18(21)5)25(29)27(24(22)28)14-15-31-16(2)3/h7-13,16,26H,6,14-15H2,1-5H3. The molecule has 0 fully saturated rings. The molecule has 6 heteroatoms. The molecule has 0 spiro atoms. The summed E-state index contributed by atoms with van der Waals surface area (Å²) in [6.45, 7) is 10.8. The number of ether oxygens (including phenoxy) is 2. The van der Waals surface area contributed by atoms with Crippen molar-refractivity contribution < 1.29 is 19.1 Å². The Morgan fingerprint density at radius 3 is 2.35 bits per heavy atom. The van der Waals surface area contributed by atoms with Gasteiger partial charge in [-0.1, -0.05) is 24.3 Å². The number of nitrogens with one attached hydrogen (secondary N) is 1. The van der Waals surface area contributed by atoms with Gasteiger partial charge in [0.15, 0.2) is 0 Å². The average molecular weight is 423 g/mol. The minimum absolute atomic E-state index is 0.0267. The first kappa shape index (κ1) is 22.6. The van der Waals surface area contributed by atoms with Gasteiger partial charge < -0.3 is 14.8 Å². The van der Waals surface area contributed by atoms with E-state index >= 15 is 0 Å². The molecule has 2 aromatic carbocycles. The van der Waals surface area contributed by atoms with Crippen molar-refractivity contribution in [1.82, 2.24) is 4.90 Å². The Kier molecular flexibility index (Phi) is 7.13. The van der Waals surface area contributed by atoms with Crippen molar-refractivity contribution in [2.75, 3.05) is 25.1 Å². The summed E-state index contributed by atoms with van der Waals surface area (Å²) in [5.41, 5.74) is 4.25. The molecule has 0 aromatic heterocycles. The fraction of sp³-hybridized carbons (Fsp3) is 0.360. The molecule has 2 aromatic rings. The zero-order chi connectivity index (χ0) is 22.5. The molecule has 31 heavy (non-hydrogen) atoms. The molecular formula is C25H30N2O4. The van der Waals surface area contributed by atoms with Crippen molar-refractivity contribution in [1.29, 1.82) is 0 Å². The number of amides is 2. The van der Waals surface area contributed by atoms with Crippen LogP contribution in [0.3, 0.4) is 0 Å². The summed E-state index contributed by atoms with van der Waals surface area (Å²) < 4.78 is 11.1. The average Bonchev–Trinajstić information content (AvgIpc) is 2.96. The van der Waals surface area contributed by atoms with Crippen LogP contribution in [-0.2, 0) is 14.3 Å². The predicted molar refractivity (Wildman–Crippen MR) is 122 cm³/mol. The lowest BCUT2D eigenvalue weighted by Gasteiger charge is -2.17. The van der Waals surface area contributed by atoms with E-state index in [0.29, 0.717) is 24.4 Å². The van der Waals surface area contributed by atoms with E-state index in [1.807, 2.05) is 77.1 Å². The van der Waals surface area contributed by atoms with Crippen LogP contribution >= 0.6 is 0 Å². The summed E-state index contributed by atoms with van der Waals surface area (Å²) in [4.78, 5) is 27.8. The van der Waals surface area contributed by atoms with Crippen molar-refractivity contribution in [2.24, 2.45) is 0 Å². The second-order valence-corrected chi connectivity index (χ2v) is 7.76. The van der Waals surface area contributed by atoms with Crippen molar-refractivity contribution in [3.8, 4) is 5.75 Å². The Morgan fingerprint density at radius 2 is 1.71 bits per heavy atom. The summed E-state index contributed by atoms with van der Waals surface area (Å²) in [5, 5.41) is 3.24. The first-order valence-electron chi connectivity index (χ1n) is 10.6. The lowest BCUT2D eigenvalue weighted by atomic mass is 10.0. The lowest BCUT2D eigenvalue weighted by molar-refractivity contribution is -0.137. The van der Waals surface area contributed by atoms with Crippen LogP contribution in [0.4, 0.5) is 5.69 Å². The first-order valence-corrected chi connectivity index (χ1v) is 10.6. The van der Waals surface area contributed by atoms with Crippen LogP contribution in [0.5, 0.6) is 5.75 Å². The van der Waals surface area contributed by atoms with Crippen LogP contribution in [0.1, 0.15) is 37.5 Å². The molecule has 1 N–H and O–H groups in total. The third-order valence-corrected chi connectivity index (χ3v) is 5.25. The SMILES string of the molecule is CCOc1ccc(C2=C(Nc3cccc(C)c3C)C(=O)N(CCOC(C)C)C2=O)cc1. The Bertz CT molecular complexity index is 993. The summed E-state index contributed by atoms with van der Waals surface area (Å²) in [7, 11) is 0. The van der Waals surface area contributed by atoms with Gasteiger partial charge >= 0.3 is 0 Å². The lowest BCUT2D eigenvalue weighted by Crippen LogP contribution is -2.35. The molecule has 1 aliphatic heterocycles. The molecule has 0 radical (unpaired) electrons. The second kappa shape index (κ2) is 9.79. The third kappa shape index (κ3) is 4.97. The second-order valence-electron chi connectivity index (χ2n) is 7.76. The van der Waals surface area contributed by atoms with E-state index in [2.05, 4.69) is 5.32 Å². The highest BCUT2D eigenvalue weighted by Crippen LogP contribution is 2.32. The van der Waals surface area contributed by atoms with Gasteiger partial charge in [-0.3, -0.25) is 14.5 Å². The molecule has 164 valence electrons. The quantitative estimate of drug-likeness (QED) is 0.610. The number of aryl methyl sites for hydroxylation is 1. The molecular weight excluding hydrogens is 392 g/mol. The molecule has 1 heterocycles. The molecule has 6 nitrogen and oxygen atoms in total. The van der Waals surface area contributed by atoms with Gasteiger partial charge in [0.05, 0.1) is 31.4 Å². The summed E-state index contributed by atoms with van der Waals surface area (Å²) in [6.07, 6.45) is 0.0267. The van der Waals surface area contributed by atoms with Gasteiger partial charge in [-0.2, -0.15) is 0 Å². The molecule has 3 rings (SSSR count). The van der Waals surface area contributed by atoms with Gasteiger partial charge in [0, 0.05) is 5.69 Å². The number of carbonyl (C=O) groups is 2. The molecule has 0 saturated carbocycles. The fourth-order valence-corrected chi connectivity index (χ4v) is 3.45. The Morgan fingerprint density at radius 1 is 1.00 bits per heavy atom. The van der Waals surface area contributed by atoms with Crippen molar-refractivity contribution >= 4 is 23.1 Å². The number of nitrogens with zero attached hydrogens (tertiary/aromatic N) is 1. The van der Waals surface area contributed by atoms with Crippen LogP contribution in [-0.4, -0.2) is 42.6 Å². The fourth-order valence-electron chi connectivity index (χ4n) is 3.45. The maximum Gasteiger partial charge on any atom is 0.278 e. The molecule has 2 amide bonds. The van der Waals surface area contributed by atoms with Crippen LogP contribution in [0.15, 0.2) is 48.2 Å². The van der Waals surface area contributed by atoms with Crippen LogP contribution < -0.4 is 10.1 Å². The Labute approximate surface area is 183 Å². The van der Waals surface area contributed by atoms with Crippen LogP contribution in [0.25, 0.3) is 5.57 Å². The number of imide groups is 1. The Hall–Kier alpha value is -3.12. The summed E-state index contributed by atoms with van der Waals surface area (Å²) in [5.74, 6) is 0.0475. The summed E-state index contributed by atoms with van der Waals surface area (Å²) >= 11 is 0. The van der Waals surface area contributed by atoms with Gasteiger partial charge in [-0.05, 0) is 69.5 Å². The normalized spacial score (nSPS) is 14.1. The van der Waals surface area contributed by atoms with Gasteiger partial charge in [0.1, 0.15) is 11.4 Å². The molecule has 0 unspecified atom stereocenters. The molecule has 0 aliphatic carbocycles.